The van der Waals surface area contributed by atoms with Crippen LogP contribution in [0.25, 0.3) is 0 Å². The lowest BCUT2D eigenvalue weighted by molar-refractivity contribution is 0.209. The molecule has 0 saturated carbocycles. The maximum Gasteiger partial charge on any atom is 0.322 e. The smallest absolute Gasteiger partial charge is 0.322 e. The summed E-state index contributed by atoms with van der Waals surface area (Å²) in [5.74, 6) is 0.987. The van der Waals surface area contributed by atoms with Crippen LogP contribution in [0.1, 0.15) is 30.7 Å². The molecule has 0 radical (unpaired) electrons. The fourth-order valence-corrected chi connectivity index (χ4v) is 3.53. The molecule has 1 N–H and O–H groups in total. The number of aromatic nitrogens is 1. The number of urea groups is 1. The van der Waals surface area contributed by atoms with Crippen molar-refractivity contribution in [2.75, 3.05) is 30.4 Å². The normalized spacial score (nSPS) is 15.5. The Balaban J connectivity index is 1.60. The van der Waals surface area contributed by atoms with E-state index < -0.39 is 0 Å². The average Bonchev–Trinajstić information content (AvgIpc) is 3.27. The van der Waals surface area contributed by atoms with Crippen LogP contribution < -0.4 is 10.2 Å². The molecule has 2 amide bonds. The zero-order valence-electron chi connectivity index (χ0n) is 13.5. The molecule has 1 saturated heterocycles. The minimum Gasteiger partial charge on any atom is -0.357 e. The highest BCUT2D eigenvalue weighted by Crippen LogP contribution is 2.24. The minimum absolute atomic E-state index is 0.0480. The van der Waals surface area contributed by atoms with Crippen molar-refractivity contribution in [2.24, 2.45) is 0 Å². The highest BCUT2D eigenvalue weighted by Gasteiger charge is 2.18. The summed E-state index contributed by atoms with van der Waals surface area (Å²) in [7, 11) is 1.81. The lowest BCUT2D eigenvalue weighted by atomic mass is 10.2. The number of hydrogen-bond acceptors (Lipinski definition) is 4. The van der Waals surface area contributed by atoms with Crippen molar-refractivity contribution in [3.8, 4) is 0 Å². The van der Waals surface area contributed by atoms with Gasteiger partial charge in [-0.1, -0.05) is 6.07 Å². The molecule has 6 heteroatoms. The first-order valence-electron chi connectivity index (χ1n) is 7.93. The van der Waals surface area contributed by atoms with E-state index >= 15 is 0 Å². The van der Waals surface area contributed by atoms with Crippen LogP contribution in [0, 0.1) is 0 Å². The molecule has 122 valence electrons. The quantitative estimate of drug-likeness (QED) is 0.923. The Labute approximate surface area is 140 Å². The van der Waals surface area contributed by atoms with Crippen LogP contribution in [-0.4, -0.2) is 36.1 Å². The molecule has 1 aliphatic heterocycles. The van der Waals surface area contributed by atoms with E-state index in [4.69, 9.17) is 0 Å². The summed E-state index contributed by atoms with van der Waals surface area (Å²) in [6.45, 7) is 4.17. The van der Waals surface area contributed by atoms with Crippen LogP contribution in [0.2, 0.25) is 0 Å². The Morgan fingerprint density at radius 2 is 2.13 bits per heavy atom. The molecule has 1 atom stereocenters. The number of thiophene rings is 1. The topological polar surface area (TPSA) is 48.5 Å². The average molecular weight is 330 g/mol. The van der Waals surface area contributed by atoms with Crippen molar-refractivity contribution in [3.63, 3.8) is 0 Å². The molecule has 0 bridgehead atoms. The van der Waals surface area contributed by atoms with Crippen LogP contribution in [-0.2, 0) is 0 Å². The SMILES string of the molecule is CC(c1cccs1)N(C)C(=O)Nc1ccc(N2CCCC2)nc1. The predicted molar refractivity (Wildman–Crippen MR) is 95.2 cm³/mol. The lowest BCUT2D eigenvalue weighted by Gasteiger charge is -2.24. The molecule has 23 heavy (non-hydrogen) atoms. The van der Waals surface area contributed by atoms with E-state index in [1.165, 1.54) is 17.7 Å². The minimum atomic E-state index is -0.123. The molecule has 1 unspecified atom stereocenters. The summed E-state index contributed by atoms with van der Waals surface area (Å²) in [4.78, 5) is 22.0. The van der Waals surface area contributed by atoms with Gasteiger partial charge in [-0.2, -0.15) is 0 Å². The van der Waals surface area contributed by atoms with Gasteiger partial charge in [0.1, 0.15) is 5.82 Å². The van der Waals surface area contributed by atoms with E-state index in [-0.39, 0.29) is 12.1 Å². The first-order chi connectivity index (χ1) is 11.1. The largest absolute Gasteiger partial charge is 0.357 e. The van der Waals surface area contributed by atoms with Gasteiger partial charge < -0.3 is 15.1 Å². The highest BCUT2D eigenvalue weighted by atomic mass is 32.1. The zero-order valence-corrected chi connectivity index (χ0v) is 14.3. The second-order valence-corrected chi connectivity index (χ2v) is 6.81. The summed E-state index contributed by atoms with van der Waals surface area (Å²) in [5.41, 5.74) is 0.725. The van der Waals surface area contributed by atoms with E-state index in [1.807, 2.05) is 43.6 Å². The van der Waals surface area contributed by atoms with E-state index in [0.717, 1.165) is 24.6 Å². The third-order valence-electron chi connectivity index (χ3n) is 4.29. The number of amides is 2. The Kier molecular flexibility index (Phi) is 4.81. The summed E-state index contributed by atoms with van der Waals surface area (Å²) in [5, 5.41) is 4.94. The fraction of sp³-hybridized carbons (Fsp3) is 0.412. The third kappa shape index (κ3) is 3.64. The van der Waals surface area contributed by atoms with Crippen LogP contribution in [0.4, 0.5) is 16.3 Å². The van der Waals surface area contributed by atoms with E-state index in [9.17, 15) is 4.79 Å². The molecule has 0 aromatic carbocycles. The number of carbonyl (C=O) groups is 1. The van der Waals surface area contributed by atoms with Gasteiger partial charge in [-0.05, 0) is 43.3 Å². The molecule has 0 aliphatic carbocycles. The summed E-state index contributed by atoms with van der Waals surface area (Å²) in [6, 6.07) is 7.87. The van der Waals surface area contributed by atoms with Crippen molar-refractivity contribution < 1.29 is 4.79 Å². The summed E-state index contributed by atoms with van der Waals surface area (Å²) < 4.78 is 0. The molecular formula is C17H22N4OS. The molecule has 2 aromatic heterocycles. The molecule has 1 fully saturated rings. The number of rotatable bonds is 4. The highest BCUT2D eigenvalue weighted by molar-refractivity contribution is 7.10. The molecule has 2 aromatic rings. The van der Waals surface area contributed by atoms with Crippen molar-refractivity contribution in [1.82, 2.24) is 9.88 Å². The van der Waals surface area contributed by atoms with E-state index in [2.05, 4.69) is 15.2 Å². The van der Waals surface area contributed by atoms with Crippen molar-refractivity contribution in [3.05, 3.63) is 40.7 Å². The molecule has 5 nitrogen and oxygen atoms in total. The zero-order chi connectivity index (χ0) is 16.2. The number of hydrogen-bond donors (Lipinski definition) is 1. The maximum absolute atomic E-state index is 12.4. The van der Waals surface area contributed by atoms with Crippen molar-refractivity contribution in [2.45, 2.75) is 25.8 Å². The third-order valence-corrected chi connectivity index (χ3v) is 5.33. The molecule has 1 aliphatic rings. The number of carbonyl (C=O) groups excluding carboxylic acids is 1. The number of nitrogens with one attached hydrogen (secondary N) is 1. The van der Waals surface area contributed by atoms with Gasteiger partial charge in [0.2, 0.25) is 0 Å². The second kappa shape index (κ2) is 7.00. The Hall–Kier alpha value is -2.08. The number of pyridine rings is 1. The monoisotopic (exact) mass is 330 g/mol. The van der Waals surface area contributed by atoms with Crippen LogP contribution >= 0.6 is 11.3 Å². The molecule has 0 spiro atoms. The van der Waals surface area contributed by atoms with Crippen molar-refractivity contribution in [1.29, 1.82) is 0 Å². The Bertz CT molecular complexity index is 635. The van der Waals surface area contributed by atoms with Gasteiger partial charge in [0.15, 0.2) is 0 Å². The van der Waals surface area contributed by atoms with Gasteiger partial charge in [0.05, 0.1) is 17.9 Å². The predicted octanol–water partition coefficient (Wildman–Crippen LogP) is 3.97. The van der Waals surface area contributed by atoms with Gasteiger partial charge in [-0.25, -0.2) is 9.78 Å². The first kappa shape index (κ1) is 15.8. The van der Waals surface area contributed by atoms with E-state index in [1.54, 1.807) is 22.4 Å². The van der Waals surface area contributed by atoms with Gasteiger partial charge in [0.25, 0.3) is 0 Å². The summed E-state index contributed by atoms with van der Waals surface area (Å²) >= 11 is 1.66. The molecule has 3 rings (SSSR count). The molecule has 3 heterocycles. The first-order valence-corrected chi connectivity index (χ1v) is 8.81. The Morgan fingerprint density at radius 1 is 1.35 bits per heavy atom. The van der Waals surface area contributed by atoms with Crippen LogP contribution in [0.15, 0.2) is 35.8 Å². The van der Waals surface area contributed by atoms with Gasteiger partial charge >= 0.3 is 6.03 Å². The standard InChI is InChI=1S/C17H22N4OS/c1-13(15-6-5-11-23-15)20(2)17(22)19-14-7-8-16(18-12-14)21-9-3-4-10-21/h5-8,11-13H,3-4,9-10H2,1-2H3,(H,19,22). The number of anilines is 2. The van der Waals surface area contributed by atoms with Crippen LogP contribution in [0.5, 0.6) is 0 Å². The van der Waals surface area contributed by atoms with Gasteiger partial charge in [-0.15, -0.1) is 11.3 Å². The fourth-order valence-electron chi connectivity index (χ4n) is 2.70. The van der Waals surface area contributed by atoms with Gasteiger partial charge in [0, 0.05) is 25.0 Å². The summed E-state index contributed by atoms with van der Waals surface area (Å²) in [6.07, 6.45) is 4.19. The molecular weight excluding hydrogens is 308 g/mol. The van der Waals surface area contributed by atoms with Gasteiger partial charge in [-0.3, -0.25) is 0 Å². The number of nitrogens with zero attached hydrogens (tertiary/aromatic N) is 3. The maximum atomic E-state index is 12.4. The Morgan fingerprint density at radius 3 is 2.74 bits per heavy atom. The van der Waals surface area contributed by atoms with Crippen LogP contribution in [0.3, 0.4) is 0 Å². The van der Waals surface area contributed by atoms with Crippen molar-refractivity contribution >= 4 is 28.9 Å². The lowest BCUT2D eigenvalue weighted by Crippen LogP contribution is -2.33. The second-order valence-electron chi connectivity index (χ2n) is 5.83. The van der Waals surface area contributed by atoms with E-state index in [0.29, 0.717) is 0 Å².